The summed E-state index contributed by atoms with van der Waals surface area (Å²) in [4.78, 5) is 14.6. The highest BCUT2D eigenvalue weighted by molar-refractivity contribution is 7.92. The molecular weight excluding hydrogens is 254 g/mol. The van der Waals surface area contributed by atoms with Gasteiger partial charge in [-0.25, -0.2) is 8.42 Å². The van der Waals surface area contributed by atoms with Gasteiger partial charge in [0.2, 0.25) is 0 Å². The van der Waals surface area contributed by atoms with E-state index in [0.717, 1.165) is 0 Å². The maximum Gasteiger partial charge on any atom is 0.294 e. The van der Waals surface area contributed by atoms with Crippen LogP contribution in [-0.2, 0) is 24.1 Å². The first-order valence-electron chi connectivity index (χ1n) is 5.21. The van der Waals surface area contributed by atoms with Crippen molar-refractivity contribution in [3.63, 3.8) is 0 Å². The van der Waals surface area contributed by atoms with Gasteiger partial charge in [-0.05, 0) is 0 Å². The van der Waals surface area contributed by atoms with Gasteiger partial charge >= 0.3 is 0 Å². The first-order chi connectivity index (χ1) is 7.95. The molecule has 0 amide bonds. The van der Waals surface area contributed by atoms with Crippen molar-refractivity contribution in [3.8, 4) is 0 Å². The third-order valence-corrected chi connectivity index (χ3v) is 5.18. The van der Waals surface area contributed by atoms with Crippen molar-refractivity contribution in [2.24, 2.45) is 0 Å². The molecule has 4 atom stereocenters. The topological polar surface area (TPSA) is 105 Å². The van der Waals surface area contributed by atoms with E-state index in [1.165, 1.54) is 0 Å². The molecule has 2 aliphatic heterocycles. The molecule has 9 heteroatoms. The molecule has 98 valence electrons. The molecule has 0 aromatic rings. The molecule has 0 N–H and O–H groups in total. The fourth-order valence-corrected chi connectivity index (χ4v) is 3.51. The monoisotopic (exact) mass is 267 g/mol. The second-order valence-corrected chi connectivity index (χ2v) is 6.46. The summed E-state index contributed by atoms with van der Waals surface area (Å²) in [6, 6.07) is 0. The van der Waals surface area contributed by atoms with Crippen LogP contribution in [0.1, 0.15) is 6.92 Å². The molecule has 8 nitrogen and oxygen atoms in total. The highest BCUT2D eigenvalue weighted by atomic mass is 32.2. The molecule has 0 spiro atoms. The normalized spacial score (nSPS) is 36.8. The van der Waals surface area contributed by atoms with Crippen LogP contribution in [0.4, 0.5) is 0 Å². The van der Waals surface area contributed by atoms with Gasteiger partial charge in [0.25, 0.3) is 5.09 Å². The first-order valence-corrected chi connectivity index (χ1v) is 6.93. The fraction of sp³-hybridized carbons (Fsp3) is 1.00. The first kappa shape index (κ1) is 12.5. The van der Waals surface area contributed by atoms with Crippen molar-refractivity contribution < 1.29 is 27.8 Å². The van der Waals surface area contributed by atoms with Gasteiger partial charge in [-0.3, -0.25) is 0 Å². The Bertz CT molecular complexity index is 408. The zero-order chi connectivity index (χ0) is 12.6. The molecule has 2 rings (SSSR count). The molecule has 0 aromatic heterocycles. The van der Waals surface area contributed by atoms with Crippen LogP contribution < -0.4 is 0 Å². The van der Waals surface area contributed by atoms with E-state index in [1.54, 1.807) is 6.92 Å². The summed E-state index contributed by atoms with van der Waals surface area (Å²) in [5.41, 5.74) is 0. The largest absolute Gasteiger partial charge is 0.372 e. The van der Waals surface area contributed by atoms with Crippen molar-refractivity contribution in [3.05, 3.63) is 10.1 Å². The van der Waals surface area contributed by atoms with E-state index in [9.17, 15) is 18.5 Å². The standard InChI is InChI=1S/C8H13NO7S/c1-2-17(12,13)6-4-15-7-5(16-9(10)11)3-14-8(6)7/h5-8H,2-4H2,1H3/t5-,6-,7+,8+/m1/s1. The lowest BCUT2D eigenvalue weighted by Crippen LogP contribution is -2.38. The number of fused-ring (bicyclic) bond motifs is 1. The maximum absolute atomic E-state index is 11.7. The van der Waals surface area contributed by atoms with E-state index in [-0.39, 0.29) is 19.0 Å². The Kier molecular flexibility index (Phi) is 3.23. The van der Waals surface area contributed by atoms with Crippen molar-refractivity contribution in [2.45, 2.75) is 30.5 Å². The average molecular weight is 267 g/mol. The molecule has 0 aliphatic carbocycles. The lowest BCUT2D eigenvalue weighted by molar-refractivity contribution is -0.769. The van der Waals surface area contributed by atoms with Crippen LogP contribution in [0.25, 0.3) is 0 Å². The molecule has 2 aliphatic rings. The van der Waals surface area contributed by atoms with E-state index in [0.29, 0.717) is 0 Å². The van der Waals surface area contributed by atoms with E-state index in [2.05, 4.69) is 4.84 Å². The van der Waals surface area contributed by atoms with Crippen LogP contribution >= 0.6 is 0 Å². The predicted molar refractivity (Wildman–Crippen MR) is 54.6 cm³/mol. The van der Waals surface area contributed by atoms with E-state index in [4.69, 9.17) is 9.47 Å². The lowest BCUT2D eigenvalue weighted by atomic mass is 10.1. The summed E-state index contributed by atoms with van der Waals surface area (Å²) in [5.74, 6) is -0.00559. The second kappa shape index (κ2) is 4.39. The minimum atomic E-state index is -3.28. The van der Waals surface area contributed by atoms with E-state index in [1.807, 2.05) is 0 Å². The van der Waals surface area contributed by atoms with Gasteiger partial charge < -0.3 is 14.3 Å². The predicted octanol–water partition coefficient (Wildman–Crippen LogP) is -0.836. The van der Waals surface area contributed by atoms with E-state index >= 15 is 0 Å². The molecule has 0 saturated carbocycles. The molecule has 0 unspecified atom stereocenters. The van der Waals surface area contributed by atoms with Crippen LogP contribution in [0.2, 0.25) is 0 Å². The highest BCUT2D eigenvalue weighted by Crippen LogP contribution is 2.32. The Labute approximate surface area is 97.9 Å². The summed E-state index contributed by atoms with van der Waals surface area (Å²) >= 11 is 0. The van der Waals surface area contributed by atoms with Gasteiger partial charge in [0.05, 0.1) is 13.2 Å². The molecule has 2 heterocycles. The van der Waals surface area contributed by atoms with Gasteiger partial charge in [-0.2, -0.15) is 0 Å². The van der Waals surface area contributed by atoms with Crippen LogP contribution in [0, 0.1) is 10.1 Å². The Morgan fingerprint density at radius 1 is 1.35 bits per heavy atom. The SMILES string of the molecule is CCS(=O)(=O)[C@@H]1CO[C@@H]2[C@H]1OC[C@H]2O[N+](=O)[O-]. The lowest BCUT2D eigenvalue weighted by Gasteiger charge is -2.15. The van der Waals surface area contributed by atoms with Crippen LogP contribution in [0.15, 0.2) is 0 Å². The Hall–Kier alpha value is -0.930. The van der Waals surface area contributed by atoms with Gasteiger partial charge in [0, 0.05) is 5.75 Å². The van der Waals surface area contributed by atoms with Gasteiger partial charge in [-0.1, -0.05) is 6.92 Å². The average Bonchev–Trinajstić information content (AvgIpc) is 2.80. The molecule has 0 radical (unpaired) electrons. The van der Waals surface area contributed by atoms with Crippen LogP contribution in [-0.4, -0.2) is 56.0 Å². The zero-order valence-electron chi connectivity index (χ0n) is 9.14. The Balaban J connectivity index is 2.09. The summed E-state index contributed by atoms with van der Waals surface area (Å²) < 4.78 is 34.0. The van der Waals surface area contributed by atoms with Crippen LogP contribution in [0.3, 0.4) is 0 Å². The zero-order valence-corrected chi connectivity index (χ0v) is 9.96. The summed E-state index contributed by atoms with van der Waals surface area (Å²) in [7, 11) is -3.28. The highest BCUT2D eigenvalue weighted by Gasteiger charge is 2.53. The maximum atomic E-state index is 11.7. The molecule has 0 bridgehead atoms. The number of nitrogens with zero attached hydrogens (tertiary/aromatic N) is 1. The van der Waals surface area contributed by atoms with Crippen molar-refractivity contribution >= 4 is 9.84 Å². The second-order valence-electron chi connectivity index (χ2n) is 3.95. The van der Waals surface area contributed by atoms with Crippen molar-refractivity contribution in [1.82, 2.24) is 0 Å². The van der Waals surface area contributed by atoms with Gasteiger partial charge in [0.15, 0.2) is 15.9 Å². The van der Waals surface area contributed by atoms with E-state index < -0.39 is 38.5 Å². The molecular formula is C8H13NO7S. The third kappa shape index (κ3) is 2.22. The van der Waals surface area contributed by atoms with Crippen molar-refractivity contribution in [2.75, 3.05) is 19.0 Å². The summed E-state index contributed by atoms with van der Waals surface area (Å²) in [5, 5.41) is 8.57. The van der Waals surface area contributed by atoms with Crippen LogP contribution in [0.5, 0.6) is 0 Å². The number of rotatable bonds is 4. The molecule has 0 aromatic carbocycles. The number of ether oxygens (including phenoxy) is 2. The third-order valence-electron chi connectivity index (χ3n) is 3.05. The fourth-order valence-electron chi connectivity index (χ4n) is 2.15. The summed E-state index contributed by atoms with van der Waals surface area (Å²) in [6.45, 7) is 1.53. The van der Waals surface area contributed by atoms with Gasteiger partial charge in [0.1, 0.15) is 17.5 Å². The smallest absolute Gasteiger partial charge is 0.294 e. The minimum Gasteiger partial charge on any atom is -0.372 e. The summed E-state index contributed by atoms with van der Waals surface area (Å²) in [6.07, 6.45) is -2.18. The van der Waals surface area contributed by atoms with Crippen molar-refractivity contribution in [1.29, 1.82) is 0 Å². The molecule has 2 fully saturated rings. The van der Waals surface area contributed by atoms with Gasteiger partial charge in [-0.15, -0.1) is 10.1 Å². The number of sulfone groups is 1. The Morgan fingerprint density at radius 3 is 2.59 bits per heavy atom. The quantitative estimate of drug-likeness (QED) is 0.483. The molecule has 2 saturated heterocycles. The number of hydrogen-bond donors (Lipinski definition) is 0. The minimum absolute atomic E-state index is 0.00306. The number of hydrogen-bond acceptors (Lipinski definition) is 7. The molecule has 17 heavy (non-hydrogen) atoms. The Morgan fingerprint density at radius 2 is 2.00 bits per heavy atom.